The van der Waals surface area contributed by atoms with Crippen LogP contribution in [0.3, 0.4) is 0 Å². The molecular weight excluding hydrogens is 260 g/mol. The number of hydrogen-bond acceptors (Lipinski definition) is 3. The lowest BCUT2D eigenvalue weighted by atomic mass is 9.96. The molecule has 3 heteroatoms. The lowest BCUT2D eigenvalue weighted by Crippen LogP contribution is -2.13. The summed E-state index contributed by atoms with van der Waals surface area (Å²) in [6, 6.07) is 16.0. The SMILES string of the molecule is COc1cc(C)ccc1C(N)c1ccc2ncccc2c1. The summed E-state index contributed by atoms with van der Waals surface area (Å²) in [5.74, 6) is 0.828. The van der Waals surface area contributed by atoms with Crippen molar-refractivity contribution >= 4 is 10.9 Å². The van der Waals surface area contributed by atoms with Crippen molar-refractivity contribution in [3.63, 3.8) is 0 Å². The summed E-state index contributed by atoms with van der Waals surface area (Å²) in [5, 5.41) is 1.09. The van der Waals surface area contributed by atoms with Gasteiger partial charge < -0.3 is 10.5 Å². The average Bonchev–Trinajstić information content (AvgIpc) is 2.53. The predicted molar refractivity (Wildman–Crippen MR) is 85.5 cm³/mol. The molecule has 2 N–H and O–H groups in total. The molecule has 3 rings (SSSR count). The van der Waals surface area contributed by atoms with Gasteiger partial charge in [-0.2, -0.15) is 0 Å². The molecule has 106 valence electrons. The number of fused-ring (bicyclic) bond motifs is 1. The van der Waals surface area contributed by atoms with Gasteiger partial charge in [0.15, 0.2) is 0 Å². The van der Waals surface area contributed by atoms with Crippen LogP contribution in [-0.2, 0) is 0 Å². The van der Waals surface area contributed by atoms with Crippen LogP contribution in [0.15, 0.2) is 54.7 Å². The van der Waals surface area contributed by atoms with Crippen LogP contribution in [0.4, 0.5) is 0 Å². The van der Waals surface area contributed by atoms with Gasteiger partial charge >= 0.3 is 0 Å². The molecule has 0 aliphatic rings. The first kappa shape index (κ1) is 13.6. The third kappa shape index (κ3) is 2.60. The topological polar surface area (TPSA) is 48.1 Å². The van der Waals surface area contributed by atoms with Gasteiger partial charge in [0, 0.05) is 17.1 Å². The minimum Gasteiger partial charge on any atom is -0.496 e. The molecule has 0 aliphatic heterocycles. The normalized spacial score (nSPS) is 12.3. The Morgan fingerprint density at radius 1 is 1.10 bits per heavy atom. The van der Waals surface area contributed by atoms with E-state index in [-0.39, 0.29) is 6.04 Å². The number of ether oxygens (including phenoxy) is 1. The highest BCUT2D eigenvalue weighted by Crippen LogP contribution is 2.30. The fourth-order valence-electron chi connectivity index (χ4n) is 2.54. The predicted octanol–water partition coefficient (Wildman–Crippen LogP) is 3.60. The van der Waals surface area contributed by atoms with Crippen molar-refractivity contribution in [1.29, 1.82) is 0 Å². The van der Waals surface area contributed by atoms with Crippen LogP contribution in [0, 0.1) is 6.92 Å². The van der Waals surface area contributed by atoms with Crippen molar-refractivity contribution in [3.05, 3.63) is 71.4 Å². The Labute approximate surface area is 124 Å². The smallest absolute Gasteiger partial charge is 0.124 e. The number of aromatic nitrogens is 1. The maximum atomic E-state index is 6.43. The Kier molecular flexibility index (Phi) is 3.59. The molecular formula is C18H18N2O. The van der Waals surface area contributed by atoms with Crippen LogP contribution >= 0.6 is 0 Å². The summed E-state index contributed by atoms with van der Waals surface area (Å²) in [5.41, 5.74) is 10.6. The molecule has 0 fully saturated rings. The second-order valence-electron chi connectivity index (χ2n) is 5.18. The van der Waals surface area contributed by atoms with Crippen LogP contribution in [0.25, 0.3) is 10.9 Å². The highest BCUT2D eigenvalue weighted by Gasteiger charge is 2.14. The maximum Gasteiger partial charge on any atom is 0.124 e. The Hall–Kier alpha value is -2.39. The molecule has 0 radical (unpaired) electrons. The molecule has 0 amide bonds. The van der Waals surface area contributed by atoms with E-state index in [9.17, 15) is 0 Å². The van der Waals surface area contributed by atoms with E-state index in [0.717, 1.165) is 33.3 Å². The molecule has 1 heterocycles. The average molecular weight is 278 g/mol. The second-order valence-corrected chi connectivity index (χ2v) is 5.18. The van der Waals surface area contributed by atoms with E-state index in [2.05, 4.69) is 17.1 Å². The van der Waals surface area contributed by atoms with Crippen molar-refractivity contribution in [2.45, 2.75) is 13.0 Å². The number of nitrogens with zero attached hydrogens (tertiary/aromatic N) is 1. The first-order valence-corrected chi connectivity index (χ1v) is 6.94. The Bertz CT molecular complexity index is 783. The van der Waals surface area contributed by atoms with Gasteiger partial charge in [-0.15, -0.1) is 0 Å². The van der Waals surface area contributed by atoms with Crippen molar-refractivity contribution < 1.29 is 4.74 Å². The summed E-state index contributed by atoms with van der Waals surface area (Å²) in [6.45, 7) is 2.04. The molecule has 1 atom stereocenters. The Morgan fingerprint density at radius 3 is 2.76 bits per heavy atom. The van der Waals surface area contributed by atoms with Crippen molar-refractivity contribution in [1.82, 2.24) is 4.98 Å². The minimum absolute atomic E-state index is 0.217. The van der Waals surface area contributed by atoms with E-state index < -0.39 is 0 Å². The maximum absolute atomic E-state index is 6.43. The molecule has 0 saturated carbocycles. The molecule has 3 nitrogen and oxygen atoms in total. The first-order valence-electron chi connectivity index (χ1n) is 6.94. The Morgan fingerprint density at radius 2 is 1.95 bits per heavy atom. The third-order valence-corrected chi connectivity index (χ3v) is 3.71. The highest BCUT2D eigenvalue weighted by atomic mass is 16.5. The zero-order chi connectivity index (χ0) is 14.8. The van der Waals surface area contributed by atoms with E-state index >= 15 is 0 Å². The number of nitrogens with two attached hydrogens (primary N) is 1. The van der Waals surface area contributed by atoms with E-state index in [1.165, 1.54) is 0 Å². The molecule has 21 heavy (non-hydrogen) atoms. The molecule has 3 aromatic rings. The van der Waals surface area contributed by atoms with Gasteiger partial charge in [-0.25, -0.2) is 0 Å². The van der Waals surface area contributed by atoms with Gasteiger partial charge in [0.05, 0.1) is 18.7 Å². The largest absolute Gasteiger partial charge is 0.496 e. The van der Waals surface area contributed by atoms with Crippen LogP contribution < -0.4 is 10.5 Å². The summed E-state index contributed by atoms with van der Waals surface area (Å²) in [6.07, 6.45) is 1.80. The highest BCUT2D eigenvalue weighted by molar-refractivity contribution is 5.79. The van der Waals surface area contributed by atoms with Crippen molar-refractivity contribution in [3.8, 4) is 5.75 Å². The van der Waals surface area contributed by atoms with Crippen LogP contribution in [0.2, 0.25) is 0 Å². The number of hydrogen-bond donors (Lipinski definition) is 1. The molecule has 1 unspecified atom stereocenters. The zero-order valence-electron chi connectivity index (χ0n) is 12.2. The number of methoxy groups -OCH3 is 1. The summed E-state index contributed by atoms with van der Waals surface area (Å²) < 4.78 is 5.46. The van der Waals surface area contributed by atoms with E-state index in [1.54, 1.807) is 13.3 Å². The van der Waals surface area contributed by atoms with Crippen LogP contribution in [-0.4, -0.2) is 12.1 Å². The first-order chi connectivity index (χ1) is 10.2. The van der Waals surface area contributed by atoms with Gasteiger partial charge in [-0.1, -0.05) is 24.3 Å². The fraction of sp³-hybridized carbons (Fsp3) is 0.167. The summed E-state index contributed by atoms with van der Waals surface area (Å²) in [7, 11) is 1.68. The lowest BCUT2D eigenvalue weighted by Gasteiger charge is -2.17. The molecule has 0 saturated heterocycles. The van der Waals surface area contributed by atoms with E-state index in [4.69, 9.17) is 10.5 Å². The quantitative estimate of drug-likeness (QED) is 0.796. The van der Waals surface area contributed by atoms with E-state index in [0.29, 0.717) is 0 Å². The third-order valence-electron chi connectivity index (χ3n) is 3.71. The van der Waals surface area contributed by atoms with Gasteiger partial charge in [0.2, 0.25) is 0 Å². The van der Waals surface area contributed by atoms with Crippen molar-refractivity contribution in [2.75, 3.05) is 7.11 Å². The lowest BCUT2D eigenvalue weighted by molar-refractivity contribution is 0.407. The number of pyridine rings is 1. The monoisotopic (exact) mass is 278 g/mol. The zero-order valence-corrected chi connectivity index (χ0v) is 12.2. The van der Waals surface area contributed by atoms with Gasteiger partial charge in [0.25, 0.3) is 0 Å². The van der Waals surface area contributed by atoms with Crippen LogP contribution in [0.1, 0.15) is 22.7 Å². The van der Waals surface area contributed by atoms with Crippen molar-refractivity contribution in [2.24, 2.45) is 5.73 Å². The van der Waals surface area contributed by atoms with Crippen LogP contribution in [0.5, 0.6) is 5.75 Å². The fourth-order valence-corrected chi connectivity index (χ4v) is 2.54. The Balaban J connectivity index is 2.05. The molecule has 0 aliphatic carbocycles. The number of rotatable bonds is 3. The standard InChI is InChI=1S/C18H18N2O/c1-12-5-7-15(17(10-12)21-2)18(19)14-6-8-16-13(11-14)4-3-9-20-16/h3-11,18H,19H2,1-2H3. The molecule has 1 aromatic heterocycles. The molecule has 0 spiro atoms. The van der Waals surface area contributed by atoms with E-state index in [1.807, 2.05) is 43.3 Å². The number of aryl methyl sites for hydroxylation is 1. The number of benzene rings is 2. The minimum atomic E-state index is -0.217. The van der Waals surface area contributed by atoms with Gasteiger partial charge in [0.1, 0.15) is 5.75 Å². The molecule has 2 aromatic carbocycles. The summed E-state index contributed by atoms with van der Waals surface area (Å²) in [4.78, 5) is 4.33. The van der Waals surface area contributed by atoms with Gasteiger partial charge in [-0.05, 0) is 42.3 Å². The second kappa shape index (κ2) is 5.54. The summed E-state index contributed by atoms with van der Waals surface area (Å²) >= 11 is 0. The van der Waals surface area contributed by atoms with Gasteiger partial charge in [-0.3, -0.25) is 4.98 Å². The molecule has 0 bridgehead atoms.